The van der Waals surface area contributed by atoms with Gasteiger partial charge < -0.3 is 0 Å². The molecule has 68 valence electrons. The van der Waals surface area contributed by atoms with Gasteiger partial charge in [0, 0.05) is 65.4 Å². The fraction of sp³-hybridized carbons (Fsp3) is 0.167. The first kappa shape index (κ1) is 17.3. The third-order valence-electron chi connectivity index (χ3n) is 1.81. The van der Waals surface area contributed by atoms with Gasteiger partial charge in [0.2, 0.25) is 0 Å². The average Bonchev–Trinajstić information content (AvgIpc) is 2.16. The minimum Gasteiger partial charge on any atom is -0.195 e. The molecule has 0 nitrogen and oxygen atoms in total. The first-order valence-corrected chi connectivity index (χ1v) is 4.00. The van der Waals surface area contributed by atoms with E-state index in [1.807, 2.05) is 6.07 Å². The molecule has 0 saturated carbocycles. The van der Waals surface area contributed by atoms with Crippen LogP contribution in [0.3, 0.4) is 0 Å². The van der Waals surface area contributed by atoms with Gasteiger partial charge in [-0.3, -0.25) is 0 Å². The maximum Gasteiger partial charge on any atom is 0 e. The van der Waals surface area contributed by atoms with Crippen LogP contribution in [-0.2, 0) is 71.8 Å². The summed E-state index contributed by atoms with van der Waals surface area (Å²) in [5.41, 5.74) is 3.30. The molecule has 0 unspecified atom stereocenters. The molecule has 0 bridgehead atoms. The van der Waals surface area contributed by atoms with Crippen molar-refractivity contribution in [3.05, 3.63) is 60.2 Å². The first-order valence-electron chi connectivity index (χ1n) is 4.00. The summed E-state index contributed by atoms with van der Waals surface area (Å²) < 4.78 is 0. The van der Waals surface area contributed by atoms with Crippen LogP contribution in [0.1, 0.15) is 23.6 Å². The topological polar surface area (TPSA) is 0 Å². The second kappa shape index (κ2) is 9.16. The van der Waals surface area contributed by atoms with Crippen molar-refractivity contribution in [1.29, 1.82) is 0 Å². The van der Waals surface area contributed by atoms with Crippen molar-refractivity contribution in [1.82, 2.24) is 0 Å². The van der Waals surface area contributed by atoms with E-state index >= 15 is 0 Å². The Balaban J connectivity index is 0. The maximum atomic E-state index is 3.61. The second-order valence-electron chi connectivity index (χ2n) is 2.63. The molecule has 14 heavy (non-hydrogen) atoms. The van der Waals surface area contributed by atoms with E-state index in [1.165, 1.54) is 5.56 Å². The van der Waals surface area contributed by atoms with Gasteiger partial charge in [0.05, 0.1) is 0 Å². The van der Waals surface area contributed by atoms with Crippen LogP contribution in [0.5, 0.6) is 0 Å². The predicted molar refractivity (Wildman–Crippen MR) is 51.8 cm³/mol. The van der Waals surface area contributed by atoms with E-state index in [0.717, 1.165) is 17.5 Å². The third kappa shape index (κ3) is 5.12. The van der Waals surface area contributed by atoms with Gasteiger partial charge in [-0.25, -0.2) is 0 Å². The summed E-state index contributed by atoms with van der Waals surface area (Å²) in [7, 11) is 0. The zero-order chi connectivity index (χ0) is 8.97. The third-order valence-corrected chi connectivity index (χ3v) is 1.81. The Morgan fingerprint density at radius 3 is 1.71 bits per heavy atom. The minimum atomic E-state index is 0. The zero-order valence-electron chi connectivity index (χ0n) is 8.51. The molecular weight excluding hydrogens is 322 g/mol. The molecule has 2 heteroatoms. The van der Waals surface area contributed by atoms with Gasteiger partial charge in [-0.15, -0.1) is 0 Å². The summed E-state index contributed by atoms with van der Waals surface area (Å²) in [5, 5.41) is 0. The molecule has 0 aliphatic heterocycles. The van der Waals surface area contributed by atoms with Crippen LogP contribution in [0.25, 0.3) is 0 Å². The number of hydrogen-bond acceptors (Lipinski definition) is 0. The van der Waals surface area contributed by atoms with Crippen molar-refractivity contribution in [3.8, 4) is 0 Å². The molecule has 0 aliphatic carbocycles. The molecule has 1 rings (SSSR count). The summed E-state index contributed by atoms with van der Waals surface area (Å²) in [5.74, 6) is 0. The number of benzene rings is 1. The molecule has 0 atom stereocenters. The number of aryl methyl sites for hydroxylation is 1. The van der Waals surface area contributed by atoms with Crippen molar-refractivity contribution in [3.63, 3.8) is 0 Å². The summed E-state index contributed by atoms with van der Waals surface area (Å²) >= 11 is 0. The van der Waals surface area contributed by atoms with Gasteiger partial charge in [0.25, 0.3) is 0 Å². The fourth-order valence-electron chi connectivity index (χ4n) is 1.10. The Hall–Kier alpha value is 0.908. The Morgan fingerprint density at radius 2 is 1.43 bits per heavy atom. The van der Waals surface area contributed by atoms with Crippen LogP contribution in [0.15, 0.2) is 31.4 Å². The predicted octanol–water partition coefficient (Wildman–Crippen LogP) is 2.92. The molecule has 2 radical (unpaired) electrons. The monoisotopic (exact) mass is 334 g/mol. The van der Waals surface area contributed by atoms with Gasteiger partial charge in [-0.1, -0.05) is 13.3 Å². The summed E-state index contributed by atoms with van der Waals surface area (Å²) in [6.45, 7) is 9.34. The molecular formula is C12H12Y2-2. The van der Waals surface area contributed by atoms with Crippen LogP contribution < -0.4 is 0 Å². The van der Waals surface area contributed by atoms with Crippen molar-refractivity contribution < 1.29 is 65.4 Å². The SMILES string of the molecule is C=[C-]c1cc([C-]=C)cc(CC)c1.[Y].[Y]. The fourth-order valence-corrected chi connectivity index (χ4v) is 1.10. The first-order chi connectivity index (χ1) is 5.80. The van der Waals surface area contributed by atoms with E-state index in [1.54, 1.807) is 0 Å². The maximum absolute atomic E-state index is 3.61. The van der Waals surface area contributed by atoms with Crippen LogP contribution >= 0.6 is 0 Å². The molecule has 0 fully saturated rings. The number of rotatable bonds is 3. The average molecular weight is 334 g/mol. The second-order valence-corrected chi connectivity index (χ2v) is 2.63. The standard InChI is InChI=1S/C12H12.2Y/c1-4-10-7-11(5-2)9-12(6-3)8-10;;/h7-9H,1-2,6H2,3H3;;/q-2;;. The van der Waals surface area contributed by atoms with Gasteiger partial charge in [0.15, 0.2) is 0 Å². The summed E-state index contributed by atoms with van der Waals surface area (Å²) in [6.07, 6.45) is 6.74. The molecule has 1 aromatic carbocycles. The molecule has 0 N–H and O–H groups in total. The largest absolute Gasteiger partial charge is 0.195 e. The van der Waals surface area contributed by atoms with E-state index < -0.39 is 0 Å². The normalized spacial score (nSPS) is 8.07. The van der Waals surface area contributed by atoms with Crippen molar-refractivity contribution >= 4 is 0 Å². The van der Waals surface area contributed by atoms with Crippen LogP contribution in [-0.4, -0.2) is 0 Å². The zero-order valence-corrected chi connectivity index (χ0v) is 14.2. The van der Waals surface area contributed by atoms with Crippen LogP contribution in [0.2, 0.25) is 0 Å². The summed E-state index contributed by atoms with van der Waals surface area (Å²) in [6, 6.07) is 6.13. The Kier molecular flexibility index (Phi) is 11.3. The minimum absolute atomic E-state index is 0. The van der Waals surface area contributed by atoms with Gasteiger partial charge in [-0.2, -0.15) is 60.2 Å². The summed E-state index contributed by atoms with van der Waals surface area (Å²) in [4.78, 5) is 0. The van der Waals surface area contributed by atoms with Crippen molar-refractivity contribution in [2.75, 3.05) is 0 Å². The molecule has 1 aromatic rings. The van der Waals surface area contributed by atoms with E-state index in [2.05, 4.69) is 44.4 Å². The van der Waals surface area contributed by atoms with E-state index in [-0.39, 0.29) is 65.4 Å². The van der Waals surface area contributed by atoms with Crippen LogP contribution in [0.4, 0.5) is 0 Å². The molecule has 0 aliphatic rings. The van der Waals surface area contributed by atoms with E-state index in [0.29, 0.717) is 0 Å². The molecule has 0 saturated heterocycles. The van der Waals surface area contributed by atoms with E-state index in [9.17, 15) is 0 Å². The molecule has 0 aromatic heterocycles. The quantitative estimate of drug-likeness (QED) is 0.746. The Bertz CT molecular complexity index is 277. The van der Waals surface area contributed by atoms with E-state index in [4.69, 9.17) is 0 Å². The van der Waals surface area contributed by atoms with Crippen LogP contribution in [0, 0.1) is 12.2 Å². The van der Waals surface area contributed by atoms with Gasteiger partial charge in [-0.05, 0) is 0 Å². The molecule has 0 heterocycles. The Morgan fingerprint density at radius 1 is 1.00 bits per heavy atom. The van der Waals surface area contributed by atoms with Crippen molar-refractivity contribution in [2.45, 2.75) is 13.3 Å². The van der Waals surface area contributed by atoms with Gasteiger partial charge >= 0.3 is 0 Å². The van der Waals surface area contributed by atoms with Crippen molar-refractivity contribution in [2.24, 2.45) is 0 Å². The number of hydrogen-bond donors (Lipinski definition) is 0. The Labute approximate surface area is 137 Å². The molecule has 0 spiro atoms. The van der Waals surface area contributed by atoms with Gasteiger partial charge in [0.1, 0.15) is 0 Å². The molecule has 0 amide bonds. The smallest absolute Gasteiger partial charge is 0 e.